The van der Waals surface area contributed by atoms with Gasteiger partial charge in [-0.25, -0.2) is 4.79 Å². The van der Waals surface area contributed by atoms with E-state index in [0.29, 0.717) is 19.7 Å². The van der Waals surface area contributed by atoms with Crippen LogP contribution in [0.2, 0.25) is 0 Å². The van der Waals surface area contributed by atoms with Crippen LogP contribution in [0.15, 0.2) is 42.6 Å². The topological polar surface area (TPSA) is 46.5 Å². The average molecular weight is 464 g/mol. The lowest BCUT2D eigenvalue weighted by Crippen LogP contribution is -2.42. The fourth-order valence-electron chi connectivity index (χ4n) is 5.19. The van der Waals surface area contributed by atoms with Crippen LogP contribution in [0, 0.1) is 0 Å². The van der Waals surface area contributed by atoms with Crippen molar-refractivity contribution in [3.05, 3.63) is 75.4 Å². The van der Waals surface area contributed by atoms with Crippen LogP contribution < -0.4 is 5.32 Å². The number of nitrogens with one attached hydrogen (secondary N) is 1. The number of carbonyl (C=O) groups is 1. The second-order valence-electron chi connectivity index (χ2n) is 9.00. The number of urea groups is 1. The van der Waals surface area contributed by atoms with Crippen molar-refractivity contribution in [2.24, 2.45) is 0 Å². The molecule has 2 aliphatic rings. The van der Waals surface area contributed by atoms with Crippen LogP contribution in [0.3, 0.4) is 0 Å². The van der Waals surface area contributed by atoms with Crippen LogP contribution in [-0.2, 0) is 30.5 Å². The van der Waals surface area contributed by atoms with Crippen LogP contribution in [-0.4, -0.2) is 35.8 Å². The van der Waals surface area contributed by atoms with Gasteiger partial charge in [0, 0.05) is 36.9 Å². The minimum atomic E-state index is -0.132. The Kier molecular flexibility index (Phi) is 6.56. The fourth-order valence-corrected chi connectivity index (χ4v) is 6.59. The highest BCUT2D eigenvalue weighted by Gasteiger charge is 2.35. The minimum absolute atomic E-state index is 0.00738. The van der Waals surface area contributed by atoms with Gasteiger partial charge < -0.3 is 19.5 Å². The number of fused-ring (bicyclic) bond motifs is 5. The number of methoxy groups -OCH3 is 1. The molecule has 1 atom stereocenters. The van der Waals surface area contributed by atoms with Crippen LogP contribution >= 0.6 is 11.3 Å². The number of rotatable bonds is 6. The van der Waals surface area contributed by atoms with Gasteiger partial charge in [-0.2, -0.15) is 0 Å². The molecule has 5 nitrogen and oxygen atoms in total. The molecule has 1 unspecified atom stereocenters. The molecule has 174 valence electrons. The second-order valence-corrected chi connectivity index (χ2v) is 10.1. The highest BCUT2D eigenvalue weighted by Crippen LogP contribution is 2.44. The number of hydrogen-bond donors (Lipinski definition) is 1. The molecule has 3 heterocycles. The maximum Gasteiger partial charge on any atom is 0.318 e. The van der Waals surface area contributed by atoms with E-state index in [1.165, 1.54) is 39.4 Å². The molecule has 0 fully saturated rings. The highest BCUT2D eigenvalue weighted by atomic mass is 32.1. The first kappa shape index (κ1) is 22.2. The number of amides is 2. The summed E-state index contributed by atoms with van der Waals surface area (Å²) in [5.41, 5.74) is 6.45. The summed E-state index contributed by atoms with van der Waals surface area (Å²) in [6.07, 6.45) is 8.77. The molecule has 1 aliphatic heterocycles. The molecule has 2 aromatic heterocycles. The molecule has 2 amide bonds. The maximum atomic E-state index is 13.6. The van der Waals surface area contributed by atoms with E-state index in [9.17, 15) is 4.79 Å². The molecule has 1 aliphatic carbocycles. The van der Waals surface area contributed by atoms with Crippen LogP contribution in [0.1, 0.15) is 65.1 Å². The quantitative estimate of drug-likeness (QED) is 0.482. The summed E-state index contributed by atoms with van der Waals surface area (Å²) in [6, 6.07) is 12.9. The predicted octanol–water partition coefficient (Wildman–Crippen LogP) is 5.63. The fraction of sp³-hybridized carbons (Fsp3) is 0.444. The minimum Gasteiger partial charge on any atom is -0.385 e. The number of nitrogens with zero attached hydrogens (tertiary/aromatic N) is 2. The lowest BCUT2D eigenvalue weighted by Gasteiger charge is -2.31. The van der Waals surface area contributed by atoms with E-state index in [4.69, 9.17) is 4.74 Å². The Labute approximate surface area is 200 Å². The predicted molar refractivity (Wildman–Crippen MR) is 133 cm³/mol. The number of benzene rings is 1. The highest BCUT2D eigenvalue weighted by molar-refractivity contribution is 7.15. The van der Waals surface area contributed by atoms with Crippen LogP contribution in [0.25, 0.3) is 5.00 Å². The molecule has 5 rings (SSSR count). The smallest absolute Gasteiger partial charge is 0.318 e. The van der Waals surface area contributed by atoms with Gasteiger partial charge in [0.05, 0.1) is 18.3 Å². The van der Waals surface area contributed by atoms with Gasteiger partial charge in [0.15, 0.2) is 0 Å². The largest absolute Gasteiger partial charge is 0.385 e. The Morgan fingerprint density at radius 2 is 1.97 bits per heavy atom. The van der Waals surface area contributed by atoms with E-state index in [0.717, 1.165) is 36.9 Å². The van der Waals surface area contributed by atoms with Gasteiger partial charge in [-0.1, -0.05) is 31.2 Å². The van der Waals surface area contributed by atoms with Gasteiger partial charge in [-0.15, -0.1) is 11.3 Å². The molecule has 0 bridgehead atoms. The molecule has 0 saturated carbocycles. The Bertz CT molecular complexity index is 1120. The van der Waals surface area contributed by atoms with Crippen molar-refractivity contribution in [3.8, 4) is 5.00 Å². The summed E-state index contributed by atoms with van der Waals surface area (Å²) in [7, 11) is 1.70. The summed E-state index contributed by atoms with van der Waals surface area (Å²) >= 11 is 1.93. The number of thiophene rings is 1. The molecule has 1 N–H and O–H groups in total. The molecule has 33 heavy (non-hydrogen) atoms. The van der Waals surface area contributed by atoms with Gasteiger partial charge >= 0.3 is 6.03 Å². The van der Waals surface area contributed by atoms with Crippen molar-refractivity contribution in [1.29, 1.82) is 0 Å². The van der Waals surface area contributed by atoms with E-state index >= 15 is 0 Å². The van der Waals surface area contributed by atoms with Crippen molar-refractivity contribution in [3.63, 3.8) is 0 Å². The SMILES string of the molecule is CCc1ccc(C2c3cccn3-c3sc4c(c3CN2C(=O)NCCCOC)CCCC4)cc1. The zero-order chi connectivity index (χ0) is 22.8. The van der Waals surface area contributed by atoms with E-state index in [-0.39, 0.29) is 12.1 Å². The number of hydrogen-bond acceptors (Lipinski definition) is 3. The lowest BCUT2D eigenvalue weighted by atomic mass is 9.95. The van der Waals surface area contributed by atoms with Crippen molar-refractivity contribution in [2.45, 2.75) is 58.0 Å². The summed E-state index contributed by atoms with van der Waals surface area (Å²) in [5, 5.41) is 4.46. The Morgan fingerprint density at radius 1 is 1.15 bits per heavy atom. The lowest BCUT2D eigenvalue weighted by molar-refractivity contribution is 0.174. The number of aryl methyl sites for hydroxylation is 2. The van der Waals surface area contributed by atoms with Gasteiger partial charge in [0.25, 0.3) is 0 Å². The Morgan fingerprint density at radius 3 is 2.76 bits per heavy atom. The van der Waals surface area contributed by atoms with Gasteiger partial charge in [-0.3, -0.25) is 0 Å². The van der Waals surface area contributed by atoms with Crippen LogP contribution in [0.5, 0.6) is 0 Å². The Hall–Kier alpha value is -2.57. The van der Waals surface area contributed by atoms with E-state index in [1.807, 2.05) is 16.2 Å². The first-order valence-electron chi connectivity index (χ1n) is 12.1. The van der Waals surface area contributed by atoms with Crippen LogP contribution in [0.4, 0.5) is 4.79 Å². The van der Waals surface area contributed by atoms with Crippen molar-refractivity contribution in [1.82, 2.24) is 14.8 Å². The van der Waals surface area contributed by atoms with E-state index in [2.05, 4.69) is 59.4 Å². The number of carbonyl (C=O) groups excluding carboxylic acids is 1. The summed E-state index contributed by atoms with van der Waals surface area (Å²) < 4.78 is 7.51. The maximum absolute atomic E-state index is 13.6. The van der Waals surface area contributed by atoms with Gasteiger partial charge in [0.2, 0.25) is 0 Å². The van der Waals surface area contributed by atoms with Crippen molar-refractivity contribution >= 4 is 17.4 Å². The zero-order valence-corrected chi connectivity index (χ0v) is 20.4. The Balaban J connectivity index is 1.58. The number of aromatic nitrogens is 1. The summed E-state index contributed by atoms with van der Waals surface area (Å²) in [4.78, 5) is 17.2. The standard InChI is InChI=1S/C27H33N3O2S/c1-3-19-11-13-20(14-12-19)25-23-9-6-16-29(23)26-22(21-8-4-5-10-24(21)33-26)18-30(25)27(31)28-15-7-17-32-2/h6,9,11-14,16,25H,3-5,7-8,10,15,17-18H2,1-2H3,(H,28,31). The molecule has 0 radical (unpaired) electrons. The molecule has 0 saturated heterocycles. The molecular weight excluding hydrogens is 430 g/mol. The molecule has 1 aromatic carbocycles. The van der Waals surface area contributed by atoms with Crippen molar-refractivity contribution < 1.29 is 9.53 Å². The summed E-state index contributed by atoms with van der Waals surface area (Å²) in [6.45, 7) is 4.07. The molecule has 0 spiro atoms. The van der Waals surface area contributed by atoms with Gasteiger partial charge in [0.1, 0.15) is 5.00 Å². The molecule has 6 heteroatoms. The van der Waals surface area contributed by atoms with Crippen molar-refractivity contribution in [2.75, 3.05) is 20.3 Å². The second kappa shape index (κ2) is 9.74. The normalized spacial score (nSPS) is 17.2. The third-order valence-corrected chi connectivity index (χ3v) is 8.28. The van der Waals surface area contributed by atoms with Gasteiger partial charge in [-0.05, 0) is 67.3 Å². The number of ether oxygens (including phenoxy) is 1. The first-order valence-corrected chi connectivity index (χ1v) is 13.0. The zero-order valence-electron chi connectivity index (χ0n) is 19.6. The van der Waals surface area contributed by atoms with E-state index < -0.39 is 0 Å². The molecular formula is C27H33N3O2S. The average Bonchev–Trinajstić information content (AvgIpc) is 3.44. The summed E-state index contributed by atoms with van der Waals surface area (Å²) in [5.74, 6) is 0. The monoisotopic (exact) mass is 463 g/mol. The van der Waals surface area contributed by atoms with E-state index in [1.54, 1.807) is 7.11 Å². The third kappa shape index (κ3) is 4.22. The first-order chi connectivity index (χ1) is 16.2. The molecule has 3 aromatic rings. The third-order valence-electron chi connectivity index (χ3n) is 6.94.